The monoisotopic (exact) mass is 327 g/mol. The predicted molar refractivity (Wildman–Crippen MR) is 77.7 cm³/mol. The van der Waals surface area contributed by atoms with E-state index in [0.717, 1.165) is 19.4 Å². The number of nitrogens with zero attached hydrogens (tertiary/aromatic N) is 1. The Bertz CT molecular complexity index is 461. The fraction of sp³-hybridized carbons (Fsp3) is 0.538. The maximum atomic E-state index is 11.9. The molecule has 0 unspecified atom stereocenters. The van der Waals surface area contributed by atoms with Gasteiger partial charge in [-0.3, -0.25) is 4.79 Å². The van der Waals surface area contributed by atoms with Crippen LogP contribution in [0.1, 0.15) is 26.2 Å². The molecule has 1 amide bonds. The van der Waals surface area contributed by atoms with E-state index < -0.39 is 0 Å². The number of ether oxygens (including phenoxy) is 1. The lowest BCUT2D eigenvalue weighted by atomic mass is 9.80. The van der Waals surface area contributed by atoms with Crippen LogP contribution in [0.2, 0.25) is 0 Å². The van der Waals surface area contributed by atoms with Gasteiger partial charge in [0.2, 0.25) is 5.91 Å². The van der Waals surface area contributed by atoms with Gasteiger partial charge in [-0.05, 0) is 47.7 Å². The molecule has 6 heteroatoms. The Morgan fingerprint density at radius 2 is 2.37 bits per heavy atom. The first-order valence-corrected chi connectivity index (χ1v) is 7.20. The Kier molecular flexibility index (Phi) is 4.76. The van der Waals surface area contributed by atoms with Gasteiger partial charge in [0.25, 0.3) is 0 Å². The van der Waals surface area contributed by atoms with Gasteiger partial charge in [-0.15, -0.1) is 0 Å². The number of pyridine rings is 1. The Labute approximate surface area is 121 Å². The maximum Gasteiger partial charge on any atom is 0.225 e. The number of aromatic nitrogens is 1. The molecule has 0 aliphatic heterocycles. The number of rotatable bonds is 5. The molecule has 1 saturated carbocycles. The number of hydrogen-bond donors (Lipinski definition) is 2. The van der Waals surface area contributed by atoms with Crippen molar-refractivity contribution >= 4 is 33.3 Å². The molecule has 1 fully saturated rings. The maximum absolute atomic E-state index is 11.9. The number of nitrogens with two attached hydrogens (primary N) is 1. The fourth-order valence-corrected chi connectivity index (χ4v) is 2.67. The normalized spacial score (nSPS) is 21.8. The molecule has 1 aliphatic rings. The molecule has 1 aromatic heterocycles. The summed E-state index contributed by atoms with van der Waals surface area (Å²) in [6.45, 7) is 2.73. The van der Waals surface area contributed by atoms with Crippen molar-refractivity contribution in [2.45, 2.75) is 32.3 Å². The second-order valence-electron chi connectivity index (χ2n) is 4.77. The zero-order chi connectivity index (χ0) is 13.8. The highest BCUT2D eigenvalue weighted by atomic mass is 79.9. The quantitative estimate of drug-likeness (QED) is 0.871. The molecule has 0 spiro atoms. The molecule has 0 atom stereocenters. The summed E-state index contributed by atoms with van der Waals surface area (Å²) in [4.78, 5) is 16.0. The first-order chi connectivity index (χ1) is 9.08. The van der Waals surface area contributed by atoms with Crippen molar-refractivity contribution in [1.82, 2.24) is 4.98 Å². The minimum absolute atomic E-state index is 0.0158. The van der Waals surface area contributed by atoms with E-state index >= 15 is 0 Å². The first kappa shape index (κ1) is 14.3. The molecule has 1 aliphatic carbocycles. The van der Waals surface area contributed by atoms with Gasteiger partial charge in [-0.25, -0.2) is 4.98 Å². The van der Waals surface area contributed by atoms with Gasteiger partial charge in [-0.2, -0.15) is 0 Å². The Morgan fingerprint density at radius 1 is 1.63 bits per heavy atom. The molecule has 5 nitrogen and oxygen atoms in total. The zero-order valence-electron chi connectivity index (χ0n) is 10.9. The van der Waals surface area contributed by atoms with E-state index in [1.54, 1.807) is 6.07 Å². The second-order valence-corrected chi connectivity index (χ2v) is 5.62. The molecule has 0 bridgehead atoms. The largest absolute Gasteiger partial charge is 0.397 e. The molecule has 3 N–H and O–H groups in total. The van der Waals surface area contributed by atoms with Crippen LogP contribution in [0.5, 0.6) is 0 Å². The number of nitrogen functional groups attached to an aromatic ring is 1. The summed E-state index contributed by atoms with van der Waals surface area (Å²) in [6.07, 6.45) is 4.32. The topological polar surface area (TPSA) is 77.2 Å². The Balaban J connectivity index is 1.79. The third-order valence-electron chi connectivity index (χ3n) is 3.19. The average Bonchev–Trinajstić information content (AvgIpc) is 2.30. The fourth-order valence-electron chi connectivity index (χ4n) is 2.20. The van der Waals surface area contributed by atoms with Crippen molar-refractivity contribution in [3.63, 3.8) is 0 Å². The molecule has 104 valence electrons. The predicted octanol–water partition coefficient (Wildman–Crippen LogP) is 2.57. The summed E-state index contributed by atoms with van der Waals surface area (Å²) in [5.41, 5.74) is 6.15. The summed E-state index contributed by atoms with van der Waals surface area (Å²) >= 11 is 3.33. The number of carbonyl (C=O) groups excluding carboxylic acids is 1. The summed E-state index contributed by atoms with van der Waals surface area (Å²) in [7, 11) is 0. The molecular formula is C13H18BrN3O2. The van der Waals surface area contributed by atoms with Crippen LogP contribution in [0.25, 0.3) is 0 Å². The minimum atomic E-state index is -0.0158. The third-order valence-corrected chi connectivity index (χ3v) is 3.79. The highest BCUT2D eigenvalue weighted by Gasteiger charge is 2.31. The van der Waals surface area contributed by atoms with E-state index in [1.165, 1.54) is 6.20 Å². The first-order valence-electron chi connectivity index (χ1n) is 6.41. The zero-order valence-corrected chi connectivity index (χ0v) is 12.4. The number of hydrogen-bond acceptors (Lipinski definition) is 4. The molecule has 2 rings (SSSR count). The van der Waals surface area contributed by atoms with Gasteiger partial charge in [0.05, 0.1) is 22.5 Å². The number of amides is 1. The SMILES string of the molecule is CCOC1CC(CC(=O)Nc2ncc(N)cc2Br)C1. The molecular weight excluding hydrogens is 310 g/mol. The number of nitrogens with one attached hydrogen (secondary N) is 1. The summed E-state index contributed by atoms with van der Waals surface area (Å²) in [5, 5.41) is 2.79. The molecule has 1 heterocycles. The van der Waals surface area contributed by atoms with E-state index in [1.807, 2.05) is 6.92 Å². The molecule has 1 aromatic rings. The van der Waals surface area contributed by atoms with E-state index in [9.17, 15) is 4.79 Å². The number of anilines is 2. The lowest BCUT2D eigenvalue weighted by molar-refractivity contribution is -0.119. The molecule has 19 heavy (non-hydrogen) atoms. The smallest absolute Gasteiger partial charge is 0.225 e. The minimum Gasteiger partial charge on any atom is -0.397 e. The van der Waals surface area contributed by atoms with Crippen LogP contribution < -0.4 is 11.1 Å². The number of carbonyl (C=O) groups is 1. The highest BCUT2D eigenvalue weighted by Crippen LogP contribution is 2.33. The van der Waals surface area contributed by atoms with Gasteiger partial charge >= 0.3 is 0 Å². The number of halogens is 1. The lowest BCUT2D eigenvalue weighted by Crippen LogP contribution is -2.34. The van der Waals surface area contributed by atoms with Gasteiger partial charge in [-0.1, -0.05) is 0 Å². The summed E-state index contributed by atoms with van der Waals surface area (Å²) in [6, 6.07) is 1.72. The van der Waals surface area contributed by atoms with Crippen molar-refractivity contribution in [2.75, 3.05) is 17.7 Å². The van der Waals surface area contributed by atoms with Crippen LogP contribution in [-0.4, -0.2) is 23.6 Å². The van der Waals surface area contributed by atoms with E-state index in [2.05, 4.69) is 26.2 Å². The van der Waals surface area contributed by atoms with Gasteiger partial charge in [0.15, 0.2) is 0 Å². The molecule has 0 saturated heterocycles. The van der Waals surface area contributed by atoms with Crippen LogP contribution in [0.15, 0.2) is 16.7 Å². The summed E-state index contributed by atoms with van der Waals surface area (Å²) in [5.74, 6) is 0.918. The van der Waals surface area contributed by atoms with E-state index in [4.69, 9.17) is 10.5 Å². The van der Waals surface area contributed by atoms with Gasteiger partial charge in [0, 0.05) is 13.0 Å². The van der Waals surface area contributed by atoms with E-state index in [0.29, 0.717) is 34.4 Å². The van der Waals surface area contributed by atoms with Crippen LogP contribution in [0.3, 0.4) is 0 Å². The van der Waals surface area contributed by atoms with Gasteiger partial charge in [0.1, 0.15) is 5.82 Å². The second kappa shape index (κ2) is 6.34. The van der Waals surface area contributed by atoms with Crippen LogP contribution >= 0.6 is 15.9 Å². The van der Waals surface area contributed by atoms with Crippen LogP contribution in [0, 0.1) is 5.92 Å². The van der Waals surface area contributed by atoms with E-state index in [-0.39, 0.29) is 5.91 Å². The molecule has 0 aromatic carbocycles. The Morgan fingerprint density at radius 3 is 3.00 bits per heavy atom. The van der Waals surface area contributed by atoms with Gasteiger partial charge < -0.3 is 15.8 Å². The molecule has 0 radical (unpaired) electrons. The van der Waals surface area contributed by atoms with Crippen molar-refractivity contribution in [3.05, 3.63) is 16.7 Å². The third kappa shape index (κ3) is 3.91. The standard InChI is InChI=1S/C13H18BrN3O2/c1-2-19-10-3-8(4-10)5-12(18)17-13-11(14)6-9(15)7-16-13/h6-8,10H,2-5,15H2,1H3,(H,16,17,18). The van der Waals surface area contributed by atoms with Crippen molar-refractivity contribution in [3.8, 4) is 0 Å². The van der Waals surface area contributed by atoms with Crippen molar-refractivity contribution in [1.29, 1.82) is 0 Å². The van der Waals surface area contributed by atoms with Crippen LogP contribution in [0.4, 0.5) is 11.5 Å². The average molecular weight is 328 g/mol. The Hall–Kier alpha value is -1.14. The lowest BCUT2D eigenvalue weighted by Gasteiger charge is -2.34. The van der Waals surface area contributed by atoms with Crippen molar-refractivity contribution < 1.29 is 9.53 Å². The van der Waals surface area contributed by atoms with Crippen LogP contribution in [-0.2, 0) is 9.53 Å². The summed E-state index contributed by atoms with van der Waals surface area (Å²) < 4.78 is 6.17. The van der Waals surface area contributed by atoms with Crippen molar-refractivity contribution in [2.24, 2.45) is 5.92 Å². The highest BCUT2D eigenvalue weighted by molar-refractivity contribution is 9.10.